The molecule has 0 aliphatic rings. The van der Waals surface area contributed by atoms with Crippen LogP contribution < -0.4 is 4.72 Å². The molecule has 1 rings (SSSR count). The molecule has 0 aromatic heterocycles. The zero-order chi connectivity index (χ0) is 15.4. The Morgan fingerprint density at radius 2 is 2.00 bits per heavy atom. The van der Waals surface area contributed by atoms with Crippen molar-refractivity contribution in [1.82, 2.24) is 4.72 Å². The lowest BCUT2D eigenvalue weighted by Gasteiger charge is -2.29. The average Bonchev–Trinajstić information content (AvgIpc) is 2.38. The second-order valence-corrected chi connectivity index (χ2v) is 7.14. The summed E-state index contributed by atoms with van der Waals surface area (Å²) >= 11 is 0. The number of aliphatic hydroxyl groups is 1. The fraction of sp³-hybridized carbons (Fsp3) is 0.571. The van der Waals surface area contributed by atoms with E-state index < -0.39 is 27.2 Å². The smallest absolute Gasteiger partial charge is 0.215 e. The van der Waals surface area contributed by atoms with E-state index in [2.05, 4.69) is 4.72 Å². The van der Waals surface area contributed by atoms with Crippen molar-refractivity contribution in [2.24, 2.45) is 5.92 Å². The van der Waals surface area contributed by atoms with Crippen LogP contribution in [0.2, 0.25) is 0 Å². The summed E-state index contributed by atoms with van der Waals surface area (Å²) in [7, 11) is -3.68. The molecular formula is C14H22FNO3S. The summed E-state index contributed by atoms with van der Waals surface area (Å²) in [5, 5.41) is 10.2. The summed E-state index contributed by atoms with van der Waals surface area (Å²) < 4.78 is 39.6. The lowest BCUT2D eigenvalue weighted by Crippen LogP contribution is -2.45. The van der Waals surface area contributed by atoms with Crippen molar-refractivity contribution in [1.29, 1.82) is 0 Å². The van der Waals surface area contributed by atoms with E-state index in [0.717, 1.165) is 6.42 Å². The van der Waals surface area contributed by atoms with Crippen LogP contribution in [-0.4, -0.2) is 25.7 Å². The lowest BCUT2D eigenvalue weighted by molar-refractivity contribution is 0.0102. The molecule has 2 unspecified atom stereocenters. The van der Waals surface area contributed by atoms with Crippen LogP contribution in [0.4, 0.5) is 4.39 Å². The Morgan fingerprint density at radius 3 is 2.55 bits per heavy atom. The maximum Gasteiger partial charge on any atom is 0.215 e. The molecule has 2 atom stereocenters. The number of halogens is 1. The topological polar surface area (TPSA) is 66.4 Å². The molecule has 0 amide bonds. The molecule has 1 aromatic rings. The number of sulfonamides is 1. The van der Waals surface area contributed by atoms with Crippen LogP contribution in [0.3, 0.4) is 0 Å². The Hall–Kier alpha value is -0.980. The molecule has 0 bridgehead atoms. The highest BCUT2D eigenvalue weighted by Crippen LogP contribution is 2.19. The summed E-state index contributed by atoms with van der Waals surface area (Å²) in [6.07, 6.45) is 0.738. The predicted octanol–water partition coefficient (Wildman–Crippen LogP) is 2.04. The monoisotopic (exact) mass is 303 g/mol. The van der Waals surface area contributed by atoms with Crippen molar-refractivity contribution < 1.29 is 17.9 Å². The summed E-state index contributed by atoms with van der Waals surface area (Å²) in [6.45, 7) is 5.28. The highest BCUT2D eigenvalue weighted by Gasteiger charge is 2.28. The van der Waals surface area contributed by atoms with Gasteiger partial charge in [0.2, 0.25) is 10.0 Å². The van der Waals surface area contributed by atoms with Crippen LogP contribution in [-0.2, 0) is 15.8 Å². The number of hydrogen-bond donors (Lipinski definition) is 2. The molecule has 1 aromatic carbocycles. The summed E-state index contributed by atoms with van der Waals surface area (Å²) in [4.78, 5) is 0. The van der Waals surface area contributed by atoms with E-state index in [0.29, 0.717) is 0 Å². The van der Waals surface area contributed by atoms with Crippen LogP contribution in [0.5, 0.6) is 0 Å². The molecule has 0 heterocycles. The summed E-state index contributed by atoms with van der Waals surface area (Å²) in [5.74, 6) is -1.03. The van der Waals surface area contributed by atoms with Crippen LogP contribution in [0, 0.1) is 11.7 Å². The van der Waals surface area contributed by atoms with Crippen LogP contribution in [0.15, 0.2) is 24.3 Å². The minimum absolute atomic E-state index is 0.0429. The maximum absolute atomic E-state index is 13.4. The molecule has 6 heteroatoms. The third kappa shape index (κ3) is 4.85. The van der Waals surface area contributed by atoms with Crippen molar-refractivity contribution in [3.63, 3.8) is 0 Å². The van der Waals surface area contributed by atoms with Crippen LogP contribution in [0.25, 0.3) is 0 Å². The molecule has 0 saturated carbocycles. The Morgan fingerprint density at radius 1 is 1.40 bits per heavy atom. The van der Waals surface area contributed by atoms with E-state index in [1.807, 2.05) is 13.8 Å². The third-order valence-electron chi connectivity index (χ3n) is 3.63. The number of hydrogen-bond acceptors (Lipinski definition) is 3. The van der Waals surface area contributed by atoms with Crippen molar-refractivity contribution in [3.05, 3.63) is 35.6 Å². The molecule has 114 valence electrons. The van der Waals surface area contributed by atoms with E-state index in [-0.39, 0.29) is 18.0 Å². The minimum Gasteiger partial charge on any atom is -0.389 e. The van der Waals surface area contributed by atoms with Gasteiger partial charge in [-0.05, 0) is 18.9 Å². The standard InChI is InChI=1S/C14H22FNO3S/c1-4-11(2)14(3,17)10-16-20(18,19)9-12-7-5-6-8-13(12)15/h5-8,11,16-17H,4,9-10H2,1-3H3. The van der Waals surface area contributed by atoms with Gasteiger partial charge in [-0.1, -0.05) is 38.5 Å². The quantitative estimate of drug-likeness (QED) is 0.810. The first-order chi connectivity index (χ1) is 9.18. The molecule has 0 radical (unpaired) electrons. The van der Waals surface area contributed by atoms with Gasteiger partial charge in [-0.3, -0.25) is 0 Å². The van der Waals surface area contributed by atoms with Gasteiger partial charge in [0, 0.05) is 12.1 Å². The first-order valence-corrected chi connectivity index (χ1v) is 8.26. The Kier molecular flexibility index (Phi) is 5.68. The minimum atomic E-state index is -3.68. The lowest BCUT2D eigenvalue weighted by atomic mass is 9.89. The van der Waals surface area contributed by atoms with Crippen molar-refractivity contribution in [3.8, 4) is 0 Å². The van der Waals surface area contributed by atoms with Gasteiger partial charge in [0.1, 0.15) is 5.82 Å². The van der Waals surface area contributed by atoms with Gasteiger partial charge in [-0.15, -0.1) is 0 Å². The Labute approximate surface area is 120 Å². The largest absolute Gasteiger partial charge is 0.389 e. The average molecular weight is 303 g/mol. The van der Waals surface area contributed by atoms with Crippen LogP contribution in [0.1, 0.15) is 32.8 Å². The van der Waals surface area contributed by atoms with Gasteiger partial charge >= 0.3 is 0 Å². The Bertz CT molecular complexity index is 543. The van der Waals surface area contributed by atoms with Crippen molar-refractivity contribution in [2.75, 3.05) is 6.54 Å². The van der Waals surface area contributed by atoms with Gasteiger partial charge in [0.25, 0.3) is 0 Å². The van der Waals surface area contributed by atoms with E-state index in [1.165, 1.54) is 18.2 Å². The normalized spacial score (nSPS) is 16.6. The highest BCUT2D eigenvalue weighted by molar-refractivity contribution is 7.88. The zero-order valence-electron chi connectivity index (χ0n) is 12.1. The second kappa shape index (κ2) is 6.65. The molecular weight excluding hydrogens is 281 g/mol. The van der Waals surface area contributed by atoms with Gasteiger partial charge in [-0.25, -0.2) is 17.5 Å². The number of rotatable bonds is 7. The summed E-state index contributed by atoms with van der Waals surface area (Å²) in [5.41, 5.74) is -1.01. The second-order valence-electron chi connectivity index (χ2n) is 5.34. The van der Waals surface area contributed by atoms with Gasteiger partial charge < -0.3 is 5.11 Å². The van der Waals surface area contributed by atoms with Gasteiger partial charge in [-0.2, -0.15) is 0 Å². The fourth-order valence-corrected chi connectivity index (χ4v) is 3.00. The fourth-order valence-electron chi connectivity index (χ4n) is 1.74. The number of benzene rings is 1. The van der Waals surface area contributed by atoms with Crippen molar-refractivity contribution in [2.45, 2.75) is 38.5 Å². The SMILES string of the molecule is CCC(C)C(C)(O)CNS(=O)(=O)Cc1ccccc1F. The highest BCUT2D eigenvalue weighted by atomic mass is 32.2. The maximum atomic E-state index is 13.4. The molecule has 4 nitrogen and oxygen atoms in total. The van der Waals surface area contributed by atoms with E-state index >= 15 is 0 Å². The zero-order valence-corrected chi connectivity index (χ0v) is 12.9. The number of nitrogens with one attached hydrogen (secondary N) is 1. The molecule has 0 aliphatic carbocycles. The molecule has 20 heavy (non-hydrogen) atoms. The molecule has 2 N–H and O–H groups in total. The first-order valence-electron chi connectivity index (χ1n) is 6.61. The van der Waals surface area contributed by atoms with Gasteiger partial charge in [0.15, 0.2) is 0 Å². The Balaban J connectivity index is 2.70. The predicted molar refractivity (Wildman–Crippen MR) is 77.1 cm³/mol. The van der Waals surface area contributed by atoms with Crippen molar-refractivity contribution >= 4 is 10.0 Å². The van der Waals surface area contributed by atoms with E-state index in [4.69, 9.17) is 0 Å². The molecule has 0 saturated heterocycles. The van der Waals surface area contributed by atoms with Crippen LogP contribution >= 0.6 is 0 Å². The third-order valence-corrected chi connectivity index (χ3v) is 4.90. The van der Waals surface area contributed by atoms with E-state index in [9.17, 15) is 17.9 Å². The first kappa shape index (κ1) is 17.1. The molecule has 0 spiro atoms. The van der Waals surface area contributed by atoms with Gasteiger partial charge in [0.05, 0.1) is 11.4 Å². The molecule has 0 fully saturated rings. The van der Waals surface area contributed by atoms with E-state index in [1.54, 1.807) is 13.0 Å². The molecule has 0 aliphatic heterocycles. The summed E-state index contributed by atoms with van der Waals surface area (Å²) in [6, 6.07) is 5.75.